The van der Waals surface area contributed by atoms with Crippen LogP contribution in [0.2, 0.25) is 0 Å². The Hall–Kier alpha value is -1.88. The predicted octanol–water partition coefficient (Wildman–Crippen LogP) is 1.59. The number of anilines is 1. The van der Waals surface area contributed by atoms with Gasteiger partial charge in [-0.1, -0.05) is 18.2 Å². The number of hydrogen-bond donors (Lipinski definition) is 1. The van der Waals surface area contributed by atoms with Crippen molar-refractivity contribution in [2.24, 2.45) is 0 Å². The van der Waals surface area contributed by atoms with Crippen molar-refractivity contribution in [1.82, 2.24) is 0 Å². The maximum atomic E-state index is 12.1. The molecule has 1 N–H and O–H groups in total. The number of benzene rings is 1. The van der Waals surface area contributed by atoms with E-state index in [1.54, 1.807) is 4.90 Å². The van der Waals surface area contributed by atoms with Crippen LogP contribution >= 0.6 is 0 Å². The van der Waals surface area contributed by atoms with Gasteiger partial charge < -0.3 is 14.7 Å². The molecule has 1 heterocycles. The smallest absolute Gasteiger partial charge is 0.303 e. The lowest BCUT2D eigenvalue weighted by molar-refractivity contribution is -0.138. The maximum absolute atomic E-state index is 12.1. The summed E-state index contributed by atoms with van der Waals surface area (Å²) in [6.07, 6.45) is 0.430. The number of aryl methyl sites for hydroxylation is 1. The van der Waals surface area contributed by atoms with Crippen LogP contribution in [0.1, 0.15) is 18.4 Å². The third-order valence-electron chi connectivity index (χ3n) is 3.24. The molecule has 1 aromatic carbocycles. The van der Waals surface area contributed by atoms with Gasteiger partial charge in [0.05, 0.1) is 12.6 Å². The summed E-state index contributed by atoms with van der Waals surface area (Å²) in [4.78, 5) is 24.4. The number of aliphatic carboxylic acids is 1. The Kier molecular flexibility index (Phi) is 4.16. The number of para-hydroxylation sites is 1. The van der Waals surface area contributed by atoms with Gasteiger partial charge in [-0.2, -0.15) is 0 Å². The number of carbonyl (C=O) groups is 2. The van der Waals surface area contributed by atoms with Gasteiger partial charge in [0.15, 0.2) is 0 Å². The van der Waals surface area contributed by atoms with Crippen molar-refractivity contribution in [3.63, 3.8) is 0 Å². The molecule has 5 nitrogen and oxygen atoms in total. The Morgan fingerprint density at radius 1 is 1.47 bits per heavy atom. The third-order valence-corrected chi connectivity index (χ3v) is 3.24. The van der Waals surface area contributed by atoms with Gasteiger partial charge in [-0.05, 0) is 25.0 Å². The maximum Gasteiger partial charge on any atom is 0.303 e. The van der Waals surface area contributed by atoms with Crippen molar-refractivity contribution >= 4 is 17.6 Å². The molecular weight excluding hydrogens is 246 g/mol. The molecule has 0 spiro atoms. The molecule has 1 atom stereocenters. The van der Waals surface area contributed by atoms with Crippen LogP contribution in [0.25, 0.3) is 0 Å². The highest BCUT2D eigenvalue weighted by Crippen LogP contribution is 2.26. The van der Waals surface area contributed by atoms with Gasteiger partial charge in [0.2, 0.25) is 0 Å². The van der Waals surface area contributed by atoms with Gasteiger partial charge in [-0.3, -0.25) is 9.59 Å². The summed E-state index contributed by atoms with van der Waals surface area (Å²) in [6.45, 7) is 2.37. The molecule has 19 heavy (non-hydrogen) atoms. The van der Waals surface area contributed by atoms with Crippen LogP contribution in [-0.4, -0.2) is 36.2 Å². The number of rotatable bonds is 4. The second kappa shape index (κ2) is 5.84. The Labute approximate surface area is 111 Å². The average Bonchev–Trinajstić information content (AvgIpc) is 2.37. The van der Waals surface area contributed by atoms with Crippen molar-refractivity contribution in [2.45, 2.75) is 25.8 Å². The Bertz CT molecular complexity index is 486. The molecule has 1 aliphatic heterocycles. The monoisotopic (exact) mass is 263 g/mol. The fraction of sp³-hybridized carbons (Fsp3) is 0.429. The summed E-state index contributed by atoms with van der Waals surface area (Å²) >= 11 is 0. The topological polar surface area (TPSA) is 66.8 Å². The molecule has 0 saturated carbocycles. The molecule has 1 aliphatic rings. The van der Waals surface area contributed by atoms with Gasteiger partial charge in [0.1, 0.15) is 6.61 Å². The molecule has 1 amide bonds. The minimum atomic E-state index is -0.859. The van der Waals surface area contributed by atoms with Crippen LogP contribution in [0.3, 0.4) is 0 Å². The molecule has 1 aromatic rings. The third kappa shape index (κ3) is 3.12. The van der Waals surface area contributed by atoms with E-state index in [1.807, 2.05) is 31.2 Å². The average molecular weight is 263 g/mol. The zero-order chi connectivity index (χ0) is 13.8. The molecule has 1 saturated heterocycles. The predicted molar refractivity (Wildman–Crippen MR) is 70.1 cm³/mol. The minimum absolute atomic E-state index is 0.0314. The van der Waals surface area contributed by atoms with Gasteiger partial charge in [-0.15, -0.1) is 0 Å². The molecule has 0 aromatic heterocycles. The van der Waals surface area contributed by atoms with E-state index in [9.17, 15) is 9.59 Å². The zero-order valence-electron chi connectivity index (χ0n) is 10.8. The molecule has 0 bridgehead atoms. The van der Waals surface area contributed by atoms with E-state index in [4.69, 9.17) is 9.84 Å². The van der Waals surface area contributed by atoms with Crippen molar-refractivity contribution < 1.29 is 19.4 Å². The normalized spacial score (nSPS) is 19.5. The molecule has 2 rings (SSSR count). The lowest BCUT2D eigenvalue weighted by Crippen LogP contribution is -2.50. The highest BCUT2D eigenvalue weighted by atomic mass is 16.5. The summed E-state index contributed by atoms with van der Waals surface area (Å²) in [5.41, 5.74) is 1.84. The van der Waals surface area contributed by atoms with Crippen LogP contribution in [0.15, 0.2) is 24.3 Å². The van der Waals surface area contributed by atoms with Crippen LogP contribution in [-0.2, 0) is 14.3 Å². The highest BCUT2D eigenvalue weighted by molar-refractivity contribution is 5.96. The first-order valence-corrected chi connectivity index (χ1v) is 6.27. The fourth-order valence-electron chi connectivity index (χ4n) is 2.30. The number of amides is 1. The Balaban J connectivity index is 2.23. The van der Waals surface area contributed by atoms with Gasteiger partial charge >= 0.3 is 5.97 Å². The molecule has 102 valence electrons. The SMILES string of the molecule is Cc1ccccc1N1C(=O)COCC1CCC(=O)O. The number of ether oxygens (including phenoxy) is 1. The fourth-order valence-corrected chi connectivity index (χ4v) is 2.30. The van der Waals surface area contributed by atoms with Crippen LogP contribution in [0, 0.1) is 6.92 Å². The van der Waals surface area contributed by atoms with Crippen molar-refractivity contribution in [2.75, 3.05) is 18.1 Å². The van der Waals surface area contributed by atoms with E-state index >= 15 is 0 Å². The molecular formula is C14H17NO4. The van der Waals surface area contributed by atoms with Gasteiger partial charge in [0, 0.05) is 12.1 Å². The molecule has 0 aliphatic carbocycles. The number of carboxylic acid groups (broad SMARTS) is 1. The lowest BCUT2D eigenvalue weighted by Gasteiger charge is -2.36. The number of carboxylic acids is 1. The van der Waals surface area contributed by atoms with E-state index in [2.05, 4.69) is 0 Å². The van der Waals surface area contributed by atoms with E-state index in [0.717, 1.165) is 11.3 Å². The number of hydrogen-bond acceptors (Lipinski definition) is 3. The van der Waals surface area contributed by atoms with E-state index in [1.165, 1.54) is 0 Å². The van der Waals surface area contributed by atoms with Gasteiger partial charge in [0.25, 0.3) is 5.91 Å². The molecule has 1 unspecified atom stereocenters. The molecule has 5 heteroatoms. The second-order valence-corrected chi connectivity index (χ2v) is 4.65. The Morgan fingerprint density at radius 3 is 2.89 bits per heavy atom. The summed E-state index contributed by atoms with van der Waals surface area (Å²) in [5.74, 6) is -0.973. The summed E-state index contributed by atoms with van der Waals surface area (Å²) in [6, 6.07) is 7.40. The first kappa shape index (κ1) is 13.5. The lowest BCUT2D eigenvalue weighted by atomic mass is 10.1. The van der Waals surface area contributed by atoms with Crippen molar-refractivity contribution in [3.8, 4) is 0 Å². The summed E-state index contributed by atoms with van der Waals surface area (Å²) in [5, 5.41) is 8.78. The first-order chi connectivity index (χ1) is 9.09. The van der Waals surface area contributed by atoms with Crippen molar-refractivity contribution in [3.05, 3.63) is 29.8 Å². The van der Waals surface area contributed by atoms with E-state index in [0.29, 0.717) is 13.0 Å². The van der Waals surface area contributed by atoms with Crippen LogP contribution in [0.4, 0.5) is 5.69 Å². The first-order valence-electron chi connectivity index (χ1n) is 6.27. The second-order valence-electron chi connectivity index (χ2n) is 4.65. The standard InChI is InChI=1S/C14H17NO4/c1-10-4-2-3-5-12(10)15-11(6-7-14(17)18)8-19-9-13(15)16/h2-5,11H,6-9H2,1H3,(H,17,18). The highest BCUT2D eigenvalue weighted by Gasteiger charge is 2.30. The molecule has 0 radical (unpaired) electrons. The quantitative estimate of drug-likeness (QED) is 0.895. The minimum Gasteiger partial charge on any atom is -0.481 e. The number of morpholine rings is 1. The number of nitrogens with zero attached hydrogens (tertiary/aromatic N) is 1. The number of carbonyl (C=O) groups excluding carboxylic acids is 1. The zero-order valence-corrected chi connectivity index (χ0v) is 10.8. The van der Waals surface area contributed by atoms with Crippen LogP contribution in [0.5, 0.6) is 0 Å². The van der Waals surface area contributed by atoms with Crippen molar-refractivity contribution in [1.29, 1.82) is 0 Å². The van der Waals surface area contributed by atoms with E-state index < -0.39 is 5.97 Å². The Morgan fingerprint density at radius 2 is 2.21 bits per heavy atom. The van der Waals surface area contributed by atoms with Crippen LogP contribution < -0.4 is 4.90 Å². The van der Waals surface area contributed by atoms with Gasteiger partial charge in [-0.25, -0.2) is 0 Å². The molecule has 1 fully saturated rings. The largest absolute Gasteiger partial charge is 0.481 e. The van der Waals surface area contributed by atoms with E-state index in [-0.39, 0.29) is 25.0 Å². The summed E-state index contributed by atoms with van der Waals surface area (Å²) in [7, 11) is 0. The summed E-state index contributed by atoms with van der Waals surface area (Å²) < 4.78 is 5.23.